The lowest BCUT2D eigenvalue weighted by Crippen LogP contribution is -2.31. The molecule has 0 bridgehead atoms. The molecule has 0 radical (unpaired) electrons. The van der Waals surface area contributed by atoms with Gasteiger partial charge in [-0.05, 0) is 99.3 Å². The second-order valence-electron chi connectivity index (χ2n) is 15.1. The highest BCUT2D eigenvalue weighted by molar-refractivity contribution is 7.86. The molecule has 376 valence electrons. The van der Waals surface area contributed by atoms with Crippen LogP contribution in [0.4, 0.5) is 62.0 Å². The summed E-state index contributed by atoms with van der Waals surface area (Å²) in [6, 6.07) is 14.8. The number of benzene rings is 4. The number of aromatic nitrogens is 5. The third-order valence-corrected chi connectivity index (χ3v) is 14.1. The summed E-state index contributed by atoms with van der Waals surface area (Å²) in [6.07, 6.45) is 0. The van der Waals surface area contributed by atoms with Crippen LogP contribution in [0, 0.1) is 0 Å². The molecular weight excluding hydrogens is 1000 g/mol. The highest BCUT2D eigenvalue weighted by atomic mass is 32.2. The molecule has 7 rings (SSSR count). The van der Waals surface area contributed by atoms with Crippen LogP contribution in [0.25, 0.3) is 21.8 Å². The SMILES string of the molecule is CCN(CC)c1cc(Nc2nc(Nc3cc(N(CC)CC)c(OC)cc3N=Nc3snc4ccc(S(=O)(=O)O)cc34)nc(N(CCO)CCO)n2)c(N=Nc2snc3ccc(S(=O)(=O)O)cc23)cc1OC. The molecule has 24 nitrogen and oxygen atoms in total. The second kappa shape index (κ2) is 22.5. The van der Waals surface area contributed by atoms with Crippen molar-refractivity contribution in [3.63, 3.8) is 0 Å². The van der Waals surface area contributed by atoms with Crippen LogP contribution in [0.2, 0.25) is 0 Å². The molecule has 0 saturated heterocycles. The van der Waals surface area contributed by atoms with E-state index in [2.05, 4.69) is 49.6 Å². The van der Waals surface area contributed by atoms with Gasteiger partial charge in [-0.1, -0.05) is 0 Å². The molecule has 3 aromatic heterocycles. The molecule has 0 aliphatic carbocycles. The lowest BCUT2D eigenvalue weighted by atomic mass is 10.2. The van der Waals surface area contributed by atoms with Gasteiger partial charge in [-0.25, -0.2) is 0 Å². The first-order chi connectivity index (χ1) is 34.0. The van der Waals surface area contributed by atoms with Gasteiger partial charge in [0, 0.05) is 62.2 Å². The number of hydrogen-bond acceptors (Lipinski definition) is 24. The lowest BCUT2D eigenvalue weighted by molar-refractivity contribution is 0.280. The van der Waals surface area contributed by atoms with Gasteiger partial charge >= 0.3 is 0 Å². The number of rotatable bonds is 23. The number of azo groups is 2. The topological polar surface area (TPSA) is 315 Å². The van der Waals surface area contributed by atoms with E-state index in [9.17, 15) is 36.2 Å². The Morgan fingerprint density at radius 1 is 0.577 bits per heavy atom. The van der Waals surface area contributed by atoms with E-state index in [1.807, 2.05) is 27.7 Å². The van der Waals surface area contributed by atoms with E-state index in [0.29, 0.717) is 82.2 Å². The minimum atomic E-state index is -4.53. The van der Waals surface area contributed by atoms with Crippen LogP contribution in [-0.4, -0.2) is 127 Å². The van der Waals surface area contributed by atoms with Gasteiger partial charge < -0.3 is 45.0 Å². The van der Waals surface area contributed by atoms with Gasteiger partial charge in [0.15, 0.2) is 10.0 Å². The fourth-order valence-electron chi connectivity index (χ4n) is 7.32. The maximum Gasteiger partial charge on any atom is 0.294 e. The molecule has 6 N–H and O–H groups in total. The minimum Gasteiger partial charge on any atom is -0.494 e. The van der Waals surface area contributed by atoms with E-state index in [1.165, 1.54) is 50.6 Å². The lowest BCUT2D eigenvalue weighted by Gasteiger charge is -2.25. The van der Waals surface area contributed by atoms with Crippen LogP contribution in [0.3, 0.4) is 0 Å². The average molecular weight is 1050 g/mol. The first-order valence-electron chi connectivity index (χ1n) is 21.8. The van der Waals surface area contributed by atoms with Crippen molar-refractivity contribution in [2.45, 2.75) is 37.5 Å². The van der Waals surface area contributed by atoms with E-state index in [4.69, 9.17) is 24.4 Å². The van der Waals surface area contributed by atoms with E-state index in [1.54, 1.807) is 29.2 Å². The number of hydrogen-bond donors (Lipinski definition) is 6. The van der Waals surface area contributed by atoms with Gasteiger partial charge in [0.25, 0.3) is 20.2 Å². The quantitative estimate of drug-likeness (QED) is 0.0259. The van der Waals surface area contributed by atoms with Crippen molar-refractivity contribution in [1.82, 2.24) is 23.7 Å². The summed E-state index contributed by atoms with van der Waals surface area (Å²) < 4.78 is 87.9. The Morgan fingerprint density at radius 3 is 1.34 bits per heavy atom. The second-order valence-corrected chi connectivity index (χ2v) is 19.4. The van der Waals surface area contributed by atoms with Crippen molar-refractivity contribution in [2.24, 2.45) is 20.5 Å². The monoisotopic (exact) mass is 1050 g/mol. The van der Waals surface area contributed by atoms with Gasteiger partial charge in [0.1, 0.15) is 22.9 Å². The van der Waals surface area contributed by atoms with Gasteiger partial charge in [0.05, 0.1) is 71.0 Å². The highest BCUT2D eigenvalue weighted by Crippen LogP contribution is 2.44. The van der Waals surface area contributed by atoms with Crippen molar-refractivity contribution in [1.29, 1.82) is 0 Å². The summed E-state index contributed by atoms with van der Waals surface area (Å²) in [7, 11) is -6.02. The number of aliphatic hydroxyl groups excluding tert-OH is 2. The van der Waals surface area contributed by atoms with Crippen molar-refractivity contribution >= 4 is 127 Å². The molecule has 3 heterocycles. The Labute approximate surface area is 416 Å². The number of methoxy groups -OCH3 is 2. The Morgan fingerprint density at radius 2 is 0.986 bits per heavy atom. The molecule has 71 heavy (non-hydrogen) atoms. The molecule has 0 aliphatic heterocycles. The largest absolute Gasteiger partial charge is 0.494 e. The molecule has 0 amide bonds. The number of fused-ring (bicyclic) bond motifs is 2. The van der Waals surface area contributed by atoms with Crippen LogP contribution in [0.5, 0.6) is 11.5 Å². The van der Waals surface area contributed by atoms with E-state index in [0.717, 1.165) is 23.1 Å². The van der Waals surface area contributed by atoms with Crippen LogP contribution in [0.15, 0.2) is 90.9 Å². The Bertz CT molecular complexity index is 3120. The van der Waals surface area contributed by atoms with Crippen LogP contribution in [-0.2, 0) is 20.2 Å². The first kappa shape index (κ1) is 52.0. The first-order valence-corrected chi connectivity index (χ1v) is 26.3. The zero-order valence-corrected chi connectivity index (χ0v) is 42.4. The number of nitrogens with zero attached hydrogens (tertiary/aromatic N) is 12. The summed E-state index contributed by atoms with van der Waals surface area (Å²) in [5.74, 6) is 0.950. The maximum atomic E-state index is 12.0. The molecule has 28 heteroatoms. The number of aliphatic hydroxyl groups is 2. The molecule has 7 aromatic rings. The zero-order chi connectivity index (χ0) is 51.0. The van der Waals surface area contributed by atoms with Crippen LogP contribution in [0.1, 0.15) is 27.7 Å². The summed E-state index contributed by atoms with van der Waals surface area (Å²) in [5.41, 5.74) is 3.43. The number of ether oxygens (including phenoxy) is 2. The average Bonchev–Trinajstić information content (AvgIpc) is 3.96. The third-order valence-electron chi connectivity index (χ3n) is 10.9. The number of nitrogens with one attached hydrogen (secondary N) is 2. The van der Waals surface area contributed by atoms with Crippen molar-refractivity contribution in [2.75, 3.05) is 92.0 Å². The van der Waals surface area contributed by atoms with Crippen LogP contribution < -0.4 is 34.8 Å². The van der Waals surface area contributed by atoms with E-state index < -0.39 is 20.2 Å². The molecular formula is C43H50N14O10S4. The van der Waals surface area contributed by atoms with Crippen LogP contribution >= 0.6 is 23.1 Å². The third kappa shape index (κ3) is 11.9. The molecule has 4 aromatic carbocycles. The van der Waals surface area contributed by atoms with Crippen molar-refractivity contribution in [3.05, 3.63) is 60.7 Å². The van der Waals surface area contributed by atoms with Crippen molar-refractivity contribution < 1.29 is 45.6 Å². The maximum absolute atomic E-state index is 12.0. The Balaban J connectivity index is 1.38. The number of anilines is 7. The van der Waals surface area contributed by atoms with E-state index >= 15 is 0 Å². The molecule has 0 atom stereocenters. The van der Waals surface area contributed by atoms with E-state index in [-0.39, 0.29) is 75.3 Å². The van der Waals surface area contributed by atoms with Gasteiger partial charge in [-0.15, -0.1) is 20.5 Å². The molecule has 0 saturated carbocycles. The summed E-state index contributed by atoms with van der Waals surface area (Å²) in [4.78, 5) is 19.2. The zero-order valence-electron chi connectivity index (χ0n) is 39.2. The molecule has 0 fully saturated rings. The summed E-state index contributed by atoms with van der Waals surface area (Å²) in [6.45, 7) is 9.87. The predicted molar refractivity (Wildman–Crippen MR) is 273 cm³/mol. The van der Waals surface area contributed by atoms with Gasteiger partial charge in [-0.2, -0.15) is 40.5 Å². The fraction of sp³-hybridized carbons (Fsp3) is 0.326. The molecule has 0 unspecified atom stereocenters. The summed E-state index contributed by atoms with van der Waals surface area (Å²) >= 11 is 1.95. The fourth-order valence-corrected chi connectivity index (χ4v) is 9.70. The Kier molecular flexibility index (Phi) is 16.5. The normalized spacial score (nSPS) is 12.1. The highest BCUT2D eigenvalue weighted by Gasteiger charge is 2.22. The smallest absolute Gasteiger partial charge is 0.294 e. The minimum absolute atomic E-state index is 0.0158. The summed E-state index contributed by atoms with van der Waals surface area (Å²) in [5, 5.41) is 46.0. The standard InChI is InChI=1S/C43H50N14O10S4/c1-7-55(8-2)35-21-31(33(23-37(35)66-5)49-51-39-27-19-25(70(60,61)62)11-13-29(27)53-68-39)44-41-46-42(48-43(47-41)57(15-17-58)16-18-59)45-32-22-36(56(9-3)10-4)38(67-6)24-34(32)50-52-40-28-20-26(71(63,64)65)12-14-30(28)54-69-40/h11-14,19-24,58-59H,7-10,15-18H2,1-6H3,(H,60,61,62)(H,63,64,65)(H2,44,45,46,47,48). The van der Waals surface area contributed by atoms with Gasteiger partial charge in [0.2, 0.25) is 17.8 Å². The molecule has 0 aliphatic rings. The Hall–Kier alpha value is -6.79. The van der Waals surface area contributed by atoms with Gasteiger partial charge in [-0.3, -0.25) is 9.11 Å². The molecule has 0 spiro atoms. The van der Waals surface area contributed by atoms with Crippen molar-refractivity contribution in [3.8, 4) is 11.5 Å². The predicted octanol–water partition coefficient (Wildman–Crippen LogP) is 8.40.